The van der Waals surface area contributed by atoms with Crippen LogP contribution < -0.4 is 0 Å². The number of rotatable bonds is 3. The van der Waals surface area contributed by atoms with Crippen LogP contribution >= 0.6 is 11.8 Å². The average Bonchev–Trinajstić information content (AvgIpc) is 2.33. The molecule has 0 saturated heterocycles. The molecule has 0 radical (unpaired) electrons. The van der Waals surface area contributed by atoms with E-state index in [1.54, 1.807) is 6.20 Å². The van der Waals surface area contributed by atoms with E-state index >= 15 is 0 Å². The molecule has 0 atom stereocenters. The molecule has 86 valence electrons. The van der Waals surface area contributed by atoms with E-state index in [0.717, 1.165) is 15.8 Å². The first-order valence-corrected chi connectivity index (χ1v) is 6.56. The maximum absolute atomic E-state index is 8.39. The van der Waals surface area contributed by atoms with E-state index < -0.39 is 0 Å². The van der Waals surface area contributed by atoms with E-state index in [1.807, 2.05) is 23.9 Å². The Morgan fingerprint density at radius 3 is 2.75 bits per heavy atom. The van der Waals surface area contributed by atoms with Gasteiger partial charge in [0.2, 0.25) is 0 Å². The van der Waals surface area contributed by atoms with Gasteiger partial charge in [-0.2, -0.15) is 0 Å². The van der Waals surface area contributed by atoms with Gasteiger partial charge in [-0.3, -0.25) is 0 Å². The van der Waals surface area contributed by atoms with Crippen LogP contribution in [0.5, 0.6) is 0 Å². The Bertz CT molecular complexity index is 345. The zero-order chi connectivity index (χ0) is 11.2. The van der Waals surface area contributed by atoms with Crippen molar-refractivity contribution in [3.05, 3.63) is 23.9 Å². The molecule has 0 unspecified atom stereocenters. The van der Waals surface area contributed by atoms with Gasteiger partial charge in [-0.05, 0) is 25.0 Å². The second-order valence-electron chi connectivity index (χ2n) is 4.05. The molecule has 1 aliphatic carbocycles. The zero-order valence-electron chi connectivity index (χ0n) is 9.17. The molecule has 1 aromatic rings. The number of hydrogen-bond donors (Lipinski definition) is 1. The lowest BCUT2D eigenvalue weighted by Gasteiger charge is -2.20. The number of oxime groups is 1. The van der Waals surface area contributed by atoms with Crippen LogP contribution in [-0.2, 0) is 0 Å². The van der Waals surface area contributed by atoms with E-state index in [0.29, 0.717) is 0 Å². The molecular weight excluding hydrogens is 220 g/mol. The normalized spacial score (nSPS) is 18.0. The number of nitrogens with zero attached hydrogens (tertiary/aromatic N) is 2. The molecule has 1 fully saturated rings. The fourth-order valence-electron chi connectivity index (χ4n) is 1.96. The Morgan fingerprint density at radius 1 is 1.31 bits per heavy atom. The van der Waals surface area contributed by atoms with E-state index in [9.17, 15) is 0 Å². The quantitative estimate of drug-likeness (QED) is 0.497. The standard InChI is InChI=1S/C12H16N2OS/c15-14-9-10-6-7-12(13-8-10)16-11-4-2-1-3-5-11/h6-9,11,15H,1-5H2/b14-9-. The summed E-state index contributed by atoms with van der Waals surface area (Å²) in [4.78, 5) is 4.35. The third-order valence-corrected chi connectivity index (χ3v) is 4.09. The molecule has 2 rings (SSSR count). The van der Waals surface area contributed by atoms with Gasteiger partial charge < -0.3 is 5.21 Å². The smallest absolute Gasteiger partial charge is 0.0962 e. The van der Waals surface area contributed by atoms with Crippen LogP contribution in [0.25, 0.3) is 0 Å². The van der Waals surface area contributed by atoms with E-state index in [-0.39, 0.29) is 0 Å². The summed E-state index contributed by atoms with van der Waals surface area (Å²) >= 11 is 1.87. The van der Waals surface area contributed by atoms with Gasteiger partial charge in [-0.25, -0.2) is 4.98 Å². The lowest BCUT2D eigenvalue weighted by atomic mass is 10.0. The van der Waals surface area contributed by atoms with Crippen molar-refractivity contribution in [1.82, 2.24) is 4.98 Å². The zero-order valence-corrected chi connectivity index (χ0v) is 9.99. The third-order valence-electron chi connectivity index (χ3n) is 2.81. The highest BCUT2D eigenvalue weighted by Crippen LogP contribution is 2.32. The van der Waals surface area contributed by atoms with Crippen molar-refractivity contribution < 1.29 is 5.21 Å². The van der Waals surface area contributed by atoms with Crippen LogP contribution in [-0.4, -0.2) is 21.7 Å². The SMILES string of the molecule is O/N=C\c1ccc(SC2CCCCC2)nc1. The molecule has 1 aromatic heterocycles. The molecular formula is C12H16N2OS. The minimum absolute atomic E-state index is 0.735. The van der Waals surface area contributed by atoms with Crippen molar-refractivity contribution >= 4 is 18.0 Å². The van der Waals surface area contributed by atoms with Crippen molar-refractivity contribution in [3.8, 4) is 0 Å². The largest absolute Gasteiger partial charge is 0.411 e. The number of aromatic nitrogens is 1. The Morgan fingerprint density at radius 2 is 2.12 bits per heavy atom. The molecule has 3 nitrogen and oxygen atoms in total. The van der Waals surface area contributed by atoms with E-state index in [1.165, 1.54) is 38.3 Å². The number of hydrogen-bond acceptors (Lipinski definition) is 4. The first-order valence-electron chi connectivity index (χ1n) is 5.68. The molecule has 1 aliphatic rings. The first kappa shape index (κ1) is 11.5. The highest BCUT2D eigenvalue weighted by molar-refractivity contribution is 7.99. The van der Waals surface area contributed by atoms with Gasteiger partial charge in [0.05, 0.1) is 11.2 Å². The fraction of sp³-hybridized carbons (Fsp3) is 0.500. The number of thioether (sulfide) groups is 1. The summed E-state index contributed by atoms with van der Waals surface area (Å²) in [7, 11) is 0. The molecule has 4 heteroatoms. The van der Waals surface area contributed by atoms with E-state index in [2.05, 4.69) is 10.1 Å². The highest BCUT2D eigenvalue weighted by Gasteiger charge is 2.14. The van der Waals surface area contributed by atoms with Gasteiger partial charge in [0.25, 0.3) is 0 Å². The lowest BCUT2D eigenvalue weighted by molar-refractivity contribution is 0.322. The maximum Gasteiger partial charge on any atom is 0.0962 e. The minimum Gasteiger partial charge on any atom is -0.411 e. The second-order valence-corrected chi connectivity index (χ2v) is 5.37. The van der Waals surface area contributed by atoms with Crippen molar-refractivity contribution in [2.45, 2.75) is 42.4 Å². The average molecular weight is 236 g/mol. The van der Waals surface area contributed by atoms with Gasteiger partial charge in [0.15, 0.2) is 0 Å². The van der Waals surface area contributed by atoms with Gasteiger partial charge in [0.1, 0.15) is 0 Å². The van der Waals surface area contributed by atoms with Gasteiger partial charge in [0, 0.05) is 17.0 Å². The summed E-state index contributed by atoms with van der Waals surface area (Å²) in [6, 6.07) is 3.92. The topological polar surface area (TPSA) is 45.5 Å². The fourth-order valence-corrected chi connectivity index (χ4v) is 3.13. The van der Waals surface area contributed by atoms with Crippen LogP contribution in [0.3, 0.4) is 0 Å². The molecule has 1 N–H and O–H groups in total. The molecule has 0 amide bonds. The summed E-state index contributed by atoms with van der Waals surface area (Å²) in [5.74, 6) is 0. The van der Waals surface area contributed by atoms with Crippen molar-refractivity contribution in [2.75, 3.05) is 0 Å². The summed E-state index contributed by atoms with van der Waals surface area (Å²) < 4.78 is 0. The highest BCUT2D eigenvalue weighted by atomic mass is 32.2. The van der Waals surface area contributed by atoms with Crippen LogP contribution in [0.2, 0.25) is 0 Å². The molecule has 0 spiro atoms. The molecule has 0 bridgehead atoms. The Hall–Kier alpha value is -1.03. The van der Waals surface area contributed by atoms with Crippen molar-refractivity contribution in [2.24, 2.45) is 5.16 Å². The predicted molar refractivity (Wildman–Crippen MR) is 66.3 cm³/mol. The third kappa shape index (κ3) is 3.23. The minimum atomic E-state index is 0.735. The van der Waals surface area contributed by atoms with E-state index in [4.69, 9.17) is 5.21 Å². The van der Waals surface area contributed by atoms with Crippen LogP contribution in [0, 0.1) is 0 Å². The monoisotopic (exact) mass is 236 g/mol. The number of pyridine rings is 1. The van der Waals surface area contributed by atoms with Gasteiger partial charge >= 0.3 is 0 Å². The van der Waals surface area contributed by atoms with Crippen LogP contribution in [0.4, 0.5) is 0 Å². The molecule has 1 saturated carbocycles. The summed E-state index contributed by atoms with van der Waals surface area (Å²) in [6.45, 7) is 0. The summed E-state index contributed by atoms with van der Waals surface area (Å²) in [5, 5.41) is 13.2. The molecule has 0 aromatic carbocycles. The Labute approximate surface area is 100.0 Å². The second kappa shape index (κ2) is 5.89. The van der Waals surface area contributed by atoms with Crippen molar-refractivity contribution in [3.63, 3.8) is 0 Å². The molecule has 16 heavy (non-hydrogen) atoms. The summed E-state index contributed by atoms with van der Waals surface area (Å²) in [5.41, 5.74) is 0.829. The maximum atomic E-state index is 8.39. The molecule has 0 aliphatic heterocycles. The lowest BCUT2D eigenvalue weighted by Crippen LogP contribution is -2.07. The molecule has 1 heterocycles. The van der Waals surface area contributed by atoms with Crippen LogP contribution in [0.15, 0.2) is 28.5 Å². The van der Waals surface area contributed by atoms with Crippen LogP contribution in [0.1, 0.15) is 37.7 Å². The van der Waals surface area contributed by atoms with Crippen molar-refractivity contribution in [1.29, 1.82) is 0 Å². The predicted octanol–water partition coefficient (Wildman–Crippen LogP) is 3.31. The first-order chi connectivity index (χ1) is 7.88. The van der Waals surface area contributed by atoms with Gasteiger partial charge in [-0.1, -0.05) is 24.4 Å². The summed E-state index contributed by atoms with van der Waals surface area (Å²) in [6.07, 6.45) is 9.85. The Kier molecular flexibility index (Phi) is 4.22. The van der Waals surface area contributed by atoms with Gasteiger partial charge in [-0.15, -0.1) is 11.8 Å². The Balaban J connectivity index is 1.93.